The van der Waals surface area contributed by atoms with Crippen molar-refractivity contribution in [3.05, 3.63) is 34.9 Å². The van der Waals surface area contributed by atoms with Crippen molar-refractivity contribution in [2.75, 3.05) is 13.1 Å². The van der Waals surface area contributed by atoms with Gasteiger partial charge in [-0.15, -0.1) is 0 Å². The molecule has 1 aromatic carbocycles. The first-order valence-electron chi connectivity index (χ1n) is 9.94. The van der Waals surface area contributed by atoms with Gasteiger partial charge in [0.1, 0.15) is 0 Å². The summed E-state index contributed by atoms with van der Waals surface area (Å²) in [6.45, 7) is 1.55. The Hall–Kier alpha value is -1.55. The number of likely N-dealkylation sites (tertiary alicyclic amines) is 1. The van der Waals surface area contributed by atoms with Crippen LogP contribution in [0.5, 0.6) is 0 Å². The first kappa shape index (κ1) is 19.2. The van der Waals surface area contributed by atoms with Crippen LogP contribution in [0.15, 0.2) is 24.3 Å². The number of hydrogen-bond donors (Lipinski definition) is 1. The van der Waals surface area contributed by atoms with Crippen LogP contribution in [0.2, 0.25) is 5.02 Å². The number of halogens is 1. The van der Waals surface area contributed by atoms with Crippen LogP contribution < -0.4 is 5.32 Å². The van der Waals surface area contributed by atoms with Crippen molar-refractivity contribution in [2.45, 2.75) is 63.8 Å². The molecule has 1 aromatic rings. The number of hydrogen-bond acceptors (Lipinski definition) is 2. The Labute approximate surface area is 161 Å². The molecular formula is C21H29ClN2O2. The maximum atomic E-state index is 12.6. The van der Waals surface area contributed by atoms with Crippen molar-refractivity contribution < 1.29 is 9.59 Å². The van der Waals surface area contributed by atoms with Crippen LogP contribution in [-0.2, 0) is 16.0 Å². The van der Waals surface area contributed by atoms with Gasteiger partial charge in [0.2, 0.25) is 11.8 Å². The lowest BCUT2D eigenvalue weighted by molar-refractivity contribution is -0.137. The van der Waals surface area contributed by atoms with Crippen LogP contribution in [0.1, 0.15) is 56.9 Å². The largest absolute Gasteiger partial charge is 0.353 e. The van der Waals surface area contributed by atoms with Gasteiger partial charge in [0.05, 0.1) is 0 Å². The summed E-state index contributed by atoms with van der Waals surface area (Å²) in [5, 5.41) is 3.85. The fraction of sp³-hybridized carbons (Fsp3) is 0.619. The predicted molar refractivity (Wildman–Crippen MR) is 104 cm³/mol. The Morgan fingerprint density at radius 2 is 1.65 bits per heavy atom. The van der Waals surface area contributed by atoms with Gasteiger partial charge in [0, 0.05) is 36.5 Å². The van der Waals surface area contributed by atoms with Crippen LogP contribution in [0.4, 0.5) is 0 Å². The number of nitrogens with one attached hydrogen (secondary N) is 1. The topological polar surface area (TPSA) is 49.4 Å². The number of carbonyl (C=O) groups excluding carboxylic acids is 2. The third-order valence-electron chi connectivity index (χ3n) is 5.68. The van der Waals surface area contributed by atoms with Crippen LogP contribution in [-0.4, -0.2) is 35.8 Å². The first-order chi connectivity index (χ1) is 12.6. The number of aryl methyl sites for hydroxylation is 1. The van der Waals surface area contributed by atoms with Gasteiger partial charge in [0.25, 0.3) is 0 Å². The lowest BCUT2D eigenvalue weighted by atomic mass is 9.87. The normalized spacial score (nSPS) is 19.3. The van der Waals surface area contributed by atoms with Crippen molar-refractivity contribution in [2.24, 2.45) is 5.92 Å². The van der Waals surface area contributed by atoms with E-state index in [0.29, 0.717) is 17.4 Å². The Kier molecular flexibility index (Phi) is 6.95. The van der Waals surface area contributed by atoms with E-state index >= 15 is 0 Å². The van der Waals surface area contributed by atoms with Crippen molar-refractivity contribution >= 4 is 23.4 Å². The number of nitrogens with zero attached hydrogens (tertiary/aromatic N) is 1. The zero-order valence-electron chi connectivity index (χ0n) is 15.4. The second kappa shape index (κ2) is 9.40. The summed E-state index contributed by atoms with van der Waals surface area (Å²) >= 11 is 5.88. The third-order valence-corrected chi connectivity index (χ3v) is 5.93. The van der Waals surface area contributed by atoms with Crippen LogP contribution in [0.25, 0.3) is 0 Å². The fourth-order valence-electron chi connectivity index (χ4n) is 4.06. The van der Waals surface area contributed by atoms with E-state index in [9.17, 15) is 9.59 Å². The summed E-state index contributed by atoms with van der Waals surface area (Å²) in [6, 6.07) is 7.83. The van der Waals surface area contributed by atoms with E-state index in [0.717, 1.165) is 50.8 Å². The van der Waals surface area contributed by atoms with E-state index in [4.69, 9.17) is 11.6 Å². The molecule has 1 saturated heterocycles. The summed E-state index contributed by atoms with van der Waals surface area (Å²) in [7, 11) is 0. The van der Waals surface area contributed by atoms with E-state index in [2.05, 4.69) is 5.32 Å². The molecule has 5 heteroatoms. The standard InChI is InChI=1S/C21H29ClN2O2/c22-18-9-6-16(7-10-18)8-11-20(25)23-19-12-14-24(15-13-19)21(26)17-4-2-1-3-5-17/h6-7,9-10,17,19H,1-5,8,11-15H2,(H,23,25). The second-order valence-electron chi connectivity index (χ2n) is 7.63. The van der Waals surface area contributed by atoms with Crippen LogP contribution in [0, 0.1) is 5.92 Å². The van der Waals surface area contributed by atoms with Gasteiger partial charge >= 0.3 is 0 Å². The predicted octanol–water partition coefficient (Wildman–Crippen LogP) is 3.96. The number of amides is 2. The number of benzene rings is 1. The maximum absolute atomic E-state index is 12.6. The van der Waals surface area contributed by atoms with E-state index in [1.54, 1.807) is 0 Å². The molecular weight excluding hydrogens is 348 g/mol. The molecule has 2 amide bonds. The van der Waals surface area contributed by atoms with Gasteiger partial charge < -0.3 is 10.2 Å². The Morgan fingerprint density at radius 3 is 2.31 bits per heavy atom. The highest BCUT2D eigenvalue weighted by atomic mass is 35.5. The highest BCUT2D eigenvalue weighted by Gasteiger charge is 2.29. The van der Waals surface area contributed by atoms with Crippen LogP contribution >= 0.6 is 11.6 Å². The summed E-state index contributed by atoms with van der Waals surface area (Å²) < 4.78 is 0. The molecule has 0 bridgehead atoms. The highest BCUT2D eigenvalue weighted by molar-refractivity contribution is 6.30. The Balaban J connectivity index is 1.37. The quantitative estimate of drug-likeness (QED) is 0.845. The van der Waals surface area contributed by atoms with E-state index in [1.165, 1.54) is 19.3 Å². The molecule has 1 saturated carbocycles. The smallest absolute Gasteiger partial charge is 0.225 e. The minimum absolute atomic E-state index is 0.0945. The lowest BCUT2D eigenvalue weighted by Gasteiger charge is -2.35. The zero-order valence-corrected chi connectivity index (χ0v) is 16.1. The van der Waals surface area contributed by atoms with Gasteiger partial charge in [-0.2, -0.15) is 0 Å². The minimum atomic E-state index is 0.0945. The van der Waals surface area contributed by atoms with Gasteiger partial charge in [-0.3, -0.25) is 9.59 Å². The SMILES string of the molecule is O=C(CCc1ccc(Cl)cc1)NC1CCN(C(=O)C2CCCCC2)CC1. The van der Waals surface area contributed by atoms with Gasteiger partial charge in [0.15, 0.2) is 0 Å². The summed E-state index contributed by atoms with van der Waals surface area (Å²) in [6.07, 6.45) is 8.71. The summed E-state index contributed by atoms with van der Waals surface area (Å²) in [5.41, 5.74) is 1.12. The van der Waals surface area contributed by atoms with Crippen molar-refractivity contribution in [1.82, 2.24) is 10.2 Å². The second-order valence-corrected chi connectivity index (χ2v) is 8.06. The molecule has 0 aromatic heterocycles. The lowest BCUT2D eigenvalue weighted by Crippen LogP contribution is -2.48. The molecule has 0 atom stereocenters. The molecule has 1 aliphatic heterocycles. The molecule has 1 N–H and O–H groups in total. The summed E-state index contributed by atoms with van der Waals surface area (Å²) in [5.74, 6) is 0.684. The van der Waals surface area contributed by atoms with Crippen LogP contribution in [0.3, 0.4) is 0 Å². The van der Waals surface area contributed by atoms with E-state index < -0.39 is 0 Å². The summed E-state index contributed by atoms with van der Waals surface area (Å²) in [4.78, 5) is 26.8. The molecule has 1 heterocycles. The monoisotopic (exact) mass is 376 g/mol. The molecule has 4 nitrogen and oxygen atoms in total. The maximum Gasteiger partial charge on any atom is 0.225 e. The molecule has 142 valence electrons. The highest BCUT2D eigenvalue weighted by Crippen LogP contribution is 2.26. The molecule has 2 aliphatic rings. The number of piperidine rings is 1. The first-order valence-corrected chi connectivity index (χ1v) is 10.3. The molecule has 0 unspecified atom stereocenters. The fourth-order valence-corrected chi connectivity index (χ4v) is 4.19. The Morgan fingerprint density at radius 1 is 1.00 bits per heavy atom. The Bertz CT molecular complexity index is 603. The molecule has 1 aliphatic carbocycles. The third kappa shape index (κ3) is 5.47. The van der Waals surface area contributed by atoms with Crippen molar-refractivity contribution in [1.29, 1.82) is 0 Å². The molecule has 2 fully saturated rings. The number of rotatable bonds is 5. The van der Waals surface area contributed by atoms with Gasteiger partial charge in [-0.25, -0.2) is 0 Å². The number of carbonyl (C=O) groups is 2. The minimum Gasteiger partial charge on any atom is -0.353 e. The average Bonchev–Trinajstić information content (AvgIpc) is 2.68. The molecule has 3 rings (SSSR count). The molecule has 0 radical (unpaired) electrons. The van der Waals surface area contributed by atoms with Crippen molar-refractivity contribution in [3.8, 4) is 0 Å². The average molecular weight is 377 g/mol. The van der Waals surface area contributed by atoms with Crippen molar-refractivity contribution in [3.63, 3.8) is 0 Å². The van der Waals surface area contributed by atoms with Gasteiger partial charge in [-0.05, 0) is 49.8 Å². The van der Waals surface area contributed by atoms with Gasteiger partial charge in [-0.1, -0.05) is 43.0 Å². The molecule has 0 spiro atoms. The molecule has 26 heavy (non-hydrogen) atoms. The van der Waals surface area contributed by atoms with E-state index in [1.807, 2.05) is 29.2 Å². The van der Waals surface area contributed by atoms with E-state index in [-0.39, 0.29) is 17.9 Å². The zero-order chi connectivity index (χ0) is 18.4.